The quantitative estimate of drug-likeness (QED) is 0.304. The van der Waals surface area contributed by atoms with Crippen LogP contribution >= 0.6 is 11.3 Å². The molecule has 0 saturated carbocycles. The molecule has 1 fully saturated rings. The number of hydrogen-bond donors (Lipinski definition) is 2. The van der Waals surface area contributed by atoms with Crippen molar-refractivity contribution in [3.05, 3.63) is 77.3 Å². The second-order valence-electron chi connectivity index (χ2n) is 9.28. The Hall–Kier alpha value is -4.51. The molecule has 1 aliphatic heterocycles. The lowest BCUT2D eigenvalue weighted by Gasteiger charge is -2.39. The summed E-state index contributed by atoms with van der Waals surface area (Å²) in [5.74, 6) is -5.32. The Labute approximate surface area is 249 Å². The number of fused-ring (bicyclic) bond motifs is 1. The fraction of sp³-hybridized carbons (Fsp3) is 0.296. The maximum atomic E-state index is 12.8. The van der Waals surface area contributed by atoms with E-state index in [2.05, 4.69) is 45.7 Å². The van der Waals surface area contributed by atoms with Crippen LogP contribution in [-0.4, -0.2) is 91.3 Å². The summed E-state index contributed by atoms with van der Waals surface area (Å²) in [7, 11) is 2.11. The molecule has 1 unspecified atom stereocenters. The molecule has 0 bridgehead atoms. The number of imidazole rings is 1. The molecule has 2 N–H and O–H groups in total. The molecule has 0 aliphatic carbocycles. The molecular formula is C27H25F6N5O5S. The number of carboxylic acid groups (broad SMARTS) is 2. The van der Waals surface area contributed by atoms with Crippen LogP contribution in [0.3, 0.4) is 0 Å². The highest BCUT2D eigenvalue weighted by atomic mass is 32.1. The van der Waals surface area contributed by atoms with Gasteiger partial charge in [-0.05, 0) is 36.2 Å². The number of nitrogens with zero attached hydrogens (tertiary/aromatic N) is 5. The maximum absolute atomic E-state index is 12.8. The monoisotopic (exact) mass is 645 g/mol. The molecular weight excluding hydrogens is 620 g/mol. The molecule has 5 rings (SSSR count). The maximum Gasteiger partial charge on any atom is 0.490 e. The number of aromatic nitrogens is 3. The van der Waals surface area contributed by atoms with Crippen molar-refractivity contribution in [2.24, 2.45) is 0 Å². The molecule has 4 aromatic rings. The summed E-state index contributed by atoms with van der Waals surface area (Å²) in [5, 5.41) is 16.3. The van der Waals surface area contributed by atoms with E-state index in [9.17, 15) is 31.1 Å². The average Bonchev–Trinajstić information content (AvgIpc) is 3.63. The van der Waals surface area contributed by atoms with Crippen LogP contribution in [0.2, 0.25) is 0 Å². The number of piperazine rings is 1. The molecule has 1 amide bonds. The molecule has 0 spiro atoms. The van der Waals surface area contributed by atoms with Gasteiger partial charge in [0.15, 0.2) is 0 Å². The van der Waals surface area contributed by atoms with Gasteiger partial charge in [-0.15, -0.1) is 11.3 Å². The summed E-state index contributed by atoms with van der Waals surface area (Å²) >= 11 is 1.64. The van der Waals surface area contributed by atoms with Crippen molar-refractivity contribution in [3.8, 4) is 11.1 Å². The molecule has 10 nitrogen and oxygen atoms in total. The van der Waals surface area contributed by atoms with Gasteiger partial charge in [0, 0.05) is 48.7 Å². The van der Waals surface area contributed by atoms with E-state index in [0.717, 1.165) is 40.3 Å². The first-order valence-electron chi connectivity index (χ1n) is 12.6. The van der Waals surface area contributed by atoms with Gasteiger partial charge in [-0.25, -0.2) is 14.6 Å². The van der Waals surface area contributed by atoms with Gasteiger partial charge in [-0.3, -0.25) is 14.7 Å². The van der Waals surface area contributed by atoms with Gasteiger partial charge in [-0.2, -0.15) is 26.3 Å². The van der Waals surface area contributed by atoms with Gasteiger partial charge in [0.25, 0.3) is 0 Å². The highest BCUT2D eigenvalue weighted by Crippen LogP contribution is 2.29. The first-order chi connectivity index (χ1) is 20.6. The summed E-state index contributed by atoms with van der Waals surface area (Å²) < 4.78 is 65.5. The van der Waals surface area contributed by atoms with Crippen LogP contribution < -0.4 is 0 Å². The van der Waals surface area contributed by atoms with Crippen molar-refractivity contribution >= 4 is 34.7 Å². The van der Waals surface area contributed by atoms with Crippen LogP contribution in [0.5, 0.6) is 0 Å². The van der Waals surface area contributed by atoms with Gasteiger partial charge >= 0.3 is 24.3 Å². The number of aliphatic carboxylic acids is 2. The summed E-state index contributed by atoms with van der Waals surface area (Å²) in [4.78, 5) is 45.0. The Morgan fingerprint density at radius 3 is 2.16 bits per heavy atom. The number of carbonyl (C=O) groups is 3. The van der Waals surface area contributed by atoms with Gasteiger partial charge in [-0.1, -0.05) is 18.2 Å². The van der Waals surface area contributed by atoms with Crippen molar-refractivity contribution in [3.63, 3.8) is 0 Å². The first-order valence-corrected chi connectivity index (χ1v) is 13.4. The van der Waals surface area contributed by atoms with E-state index >= 15 is 0 Å². The lowest BCUT2D eigenvalue weighted by Crippen LogP contribution is -2.49. The minimum Gasteiger partial charge on any atom is -0.475 e. The summed E-state index contributed by atoms with van der Waals surface area (Å²) in [5.41, 5.74) is 4.27. The van der Waals surface area contributed by atoms with E-state index in [0.29, 0.717) is 13.0 Å². The molecule has 17 heteroatoms. The predicted octanol–water partition coefficient (Wildman–Crippen LogP) is 4.78. The molecule has 5 heterocycles. The minimum atomic E-state index is -5.08. The summed E-state index contributed by atoms with van der Waals surface area (Å²) in [6, 6.07) is 12.3. The lowest BCUT2D eigenvalue weighted by molar-refractivity contribution is -0.193. The number of pyridine rings is 2. The van der Waals surface area contributed by atoms with E-state index in [1.165, 1.54) is 0 Å². The number of halogens is 6. The Balaban J connectivity index is 0.000000317. The normalized spacial score (nSPS) is 15.5. The lowest BCUT2D eigenvalue weighted by atomic mass is 10.1. The standard InChI is InChI=1S/C23H23N5OS.2C2HF3O2/c1-26-9-10-27(22(29)12-19-5-3-11-30-19)15-21(26)23-20-7-6-18(14-28(20)16-25-23)17-4-2-8-24-13-17;2*3-2(4,5)1(6)7/h2-8,11,13-14,16,21H,9-10,12,15H2,1H3;2*(H,6,7). The zero-order chi connectivity index (χ0) is 32.7. The van der Waals surface area contributed by atoms with Crippen LogP contribution in [0.1, 0.15) is 16.6 Å². The van der Waals surface area contributed by atoms with E-state index < -0.39 is 24.3 Å². The number of thiophene rings is 1. The average molecular weight is 646 g/mol. The highest BCUT2D eigenvalue weighted by molar-refractivity contribution is 7.10. The fourth-order valence-electron chi connectivity index (χ4n) is 4.05. The summed E-state index contributed by atoms with van der Waals surface area (Å²) in [6.45, 7) is 2.26. The third kappa shape index (κ3) is 9.24. The van der Waals surface area contributed by atoms with E-state index in [4.69, 9.17) is 24.8 Å². The highest BCUT2D eigenvalue weighted by Gasteiger charge is 2.39. The molecule has 4 aromatic heterocycles. The summed E-state index contributed by atoms with van der Waals surface area (Å²) in [6.07, 6.45) is -2.09. The molecule has 1 aliphatic rings. The topological polar surface area (TPSA) is 128 Å². The van der Waals surface area contributed by atoms with Gasteiger partial charge in [0.1, 0.15) is 0 Å². The molecule has 0 aromatic carbocycles. The molecule has 1 atom stereocenters. The molecule has 236 valence electrons. The van der Waals surface area contributed by atoms with Crippen molar-refractivity contribution in [1.29, 1.82) is 0 Å². The number of amides is 1. The SMILES string of the molecule is CN1CCN(C(=O)Cc2cccs2)CC1c1ncn2cc(-c3cccnc3)ccc12.O=C(O)C(F)(F)F.O=C(O)C(F)(F)F. The van der Waals surface area contributed by atoms with E-state index in [1.807, 2.05) is 41.0 Å². The molecule has 0 radical (unpaired) electrons. The van der Waals surface area contributed by atoms with Crippen molar-refractivity contribution < 1.29 is 50.9 Å². The number of alkyl halides is 6. The minimum absolute atomic E-state index is 0.0836. The van der Waals surface area contributed by atoms with Crippen molar-refractivity contribution in [1.82, 2.24) is 24.2 Å². The Morgan fingerprint density at radius 2 is 1.61 bits per heavy atom. The van der Waals surface area contributed by atoms with Crippen molar-refractivity contribution in [2.75, 3.05) is 26.7 Å². The van der Waals surface area contributed by atoms with E-state index in [1.54, 1.807) is 17.5 Å². The van der Waals surface area contributed by atoms with Gasteiger partial charge in [0.2, 0.25) is 5.91 Å². The zero-order valence-corrected chi connectivity index (χ0v) is 23.6. The number of likely N-dealkylation sites (N-methyl/N-ethyl adjacent to an activating group) is 1. The van der Waals surface area contributed by atoms with E-state index in [-0.39, 0.29) is 11.9 Å². The second-order valence-corrected chi connectivity index (χ2v) is 10.3. The Morgan fingerprint density at radius 1 is 0.955 bits per heavy atom. The molecule has 44 heavy (non-hydrogen) atoms. The second kappa shape index (κ2) is 14.3. The van der Waals surface area contributed by atoms with Crippen LogP contribution in [0.25, 0.3) is 16.6 Å². The largest absolute Gasteiger partial charge is 0.490 e. The number of carboxylic acids is 2. The Bertz CT molecular complexity index is 1540. The third-order valence-electron chi connectivity index (χ3n) is 6.26. The van der Waals surface area contributed by atoms with Gasteiger partial charge < -0.3 is 19.5 Å². The number of hydrogen-bond acceptors (Lipinski definition) is 7. The predicted molar refractivity (Wildman–Crippen MR) is 146 cm³/mol. The smallest absolute Gasteiger partial charge is 0.475 e. The van der Waals surface area contributed by atoms with Gasteiger partial charge in [0.05, 0.1) is 30.0 Å². The first kappa shape index (κ1) is 34.0. The number of rotatable bonds is 4. The zero-order valence-electron chi connectivity index (χ0n) is 22.8. The van der Waals surface area contributed by atoms with Crippen LogP contribution in [0, 0.1) is 0 Å². The van der Waals surface area contributed by atoms with Crippen LogP contribution in [-0.2, 0) is 20.8 Å². The number of carbonyl (C=O) groups excluding carboxylic acids is 1. The van der Waals surface area contributed by atoms with Crippen molar-refractivity contribution in [2.45, 2.75) is 24.8 Å². The Kier molecular flexibility index (Phi) is 11.1. The van der Waals surface area contributed by atoms with Crippen LogP contribution in [0.4, 0.5) is 26.3 Å². The fourth-order valence-corrected chi connectivity index (χ4v) is 4.75. The molecule has 1 saturated heterocycles. The third-order valence-corrected chi connectivity index (χ3v) is 7.14. The van der Waals surface area contributed by atoms with Crippen LogP contribution in [0.15, 0.2) is 66.7 Å².